The first-order chi connectivity index (χ1) is 8.63. The number of hydrogen-bond acceptors (Lipinski definition) is 4. The minimum Gasteiger partial charge on any atom is -0.329 e. The molecule has 2 N–H and O–H groups in total. The molecular weight excluding hydrogens is 328 g/mol. The summed E-state index contributed by atoms with van der Waals surface area (Å²) in [6.07, 6.45) is 0. The number of nitrogens with two attached hydrogens (primary N) is 1. The predicted molar refractivity (Wildman–Crippen MR) is 84.3 cm³/mol. The van der Waals surface area contributed by atoms with Gasteiger partial charge in [-0.3, -0.25) is 4.90 Å². The van der Waals surface area contributed by atoms with E-state index in [-0.39, 0.29) is 6.04 Å². The van der Waals surface area contributed by atoms with Gasteiger partial charge in [0.15, 0.2) is 0 Å². The molecule has 2 heterocycles. The van der Waals surface area contributed by atoms with Crippen molar-refractivity contribution in [2.24, 2.45) is 5.73 Å². The van der Waals surface area contributed by atoms with E-state index in [0.717, 1.165) is 3.79 Å². The fraction of sp³-hybridized carbons (Fsp3) is 0.385. The molecule has 0 aromatic carbocycles. The van der Waals surface area contributed by atoms with E-state index in [1.165, 1.54) is 9.75 Å². The number of hydrogen-bond donors (Lipinski definition) is 1. The molecule has 0 radical (unpaired) electrons. The van der Waals surface area contributed by atoms with E-state index in [1.54, 1.807) is 22.7 Å². The van der Waals surface area contributed by atoms with Crippen LogP contribution in [0.15, 0.2) is 33.4 Å². The van der Waals surface area contributed by atoms with Crippen molar-refractivity contribution in [3.05, 3.63) is 43.2 Å². The Bertz CT molecular complexity index is 481. The van der Waals surface area contributed by atoms with Crippen LogP contribution < -0.4 is 5.73 Å². The number of rotatable bonds is 5. The summed E-state index contributed by atoms with van der Waals surface area (Å²) in [7, 11) is 2.15. The normalized spacial score (nSPS) is 14.9. The van der Waals surface area contributed by atoms with E-state index < -0.39 is 0 Å². The van der Waals surface area contributed by atoms with E-state index in [9.17, 15) is 0 Å². The molecule has 2 aromatic rings. The number of likely N-dealkylation sites (N-methyl/N-ethyl adjacent to an activating group) is 1. The molecule has 0 aliphatic carbocycles. The maximum absolute atomic E-state index is 5.96. The van der Waals surface area contributed by atoms with E-state index >= 15 is 0 Å². The Morgan fingerprint density at radius 1 is 1.33 bits per heavy atom. The molecule has 0 saturated heterocycles. The lowest BCUT2D eigenvalue weighted by molar-refractivity contribution is 0.195. The van der Waals surface area contributed by atoms with Gasteiger partial charge in [0.2, 0.25) is 0 Å². The van der Waals surface area contributed by atoms with Crippen LogP contribution in [0.5, 0.6) is 0 Å². The smallest absolute Gasteiger partial charge is 0.0702 e. The molecule has 2 atom stereocenters. The number of halogens is 1. The van der Waals surface area contributed by atoms with Gasteiger partial charge in [-0.2, -0.15) is 0 Å². The van der Waals surface area contributed by atoms with Gasteiger partial charge >= 0.3 is 0 Å². The maximum Gasteiger partial charge on any atom is 0.0702 e. The Balaban J connectivity index is 2.17. The van der Waals surface area contributed by atoms with Crippen LogP contribution in [0.1, 0.15) is 28.8 Å². The molecule has 2 unspecified atom stereocenters. The Morgan fingerprint density at radius 2 is 2.11 bits per heavy atom. The summed E-state index contributed by atoms with van der Waals surface area (Å²) in [5.41, 5.74) is 5.96. The summed E-state index contributed by atoms with van der Waals surface area (Å²) in [6.45, 7) is 2.87. The zero-order valence-corrected chi connectivity index (χ0v) is 13.7. The average Bonchev–Trinajstić information content (AvgIpc) is 3.00. The van der Waals surface area contributed by atoms with E-state index in [0.29, 0.717) is 12.6 Å². The lowest BCUT2D eigenvalue weighted by atomic mass is 10.1. The molecule has 0 saturated carbocycles. The second-order valence-corrected chi connectivity index (χ2v) is 7.72. The van der Waals surface area contributed by atoms with Crippen molar-refractivity contribution in [2.75, 3.05) is 13.6 Å². The fourth-order valence-electron chi connectivity index (χ4n) is 1.99. The summed E-state index contributed by atoms with van der Waals surface area (Å²) in [5.74, 6) is 0. The van der Waals surface area contributed by atoms with Crippen LogP contribution in [0.3, 0.4) is 0 Å². The van der Waals surface area contributed by atoms with Gasteiger partial charge in [0.05, 0.1) is 9.83 Å². The Hall–Kier alpha value is -0.200. The van der Waals surface area contributed by atoms with Gasteiger partial charge in [0, 0.05) is 22.3 Å². The van der Waals surface area contributed by atoms with Crippen LogP contribution in [0.4, 0.5) is 0 Å². The molecular formula is C13H17BrN2S2. The van der Waals surface area contributed by atoms with Crippen LogP contribution >= 0.6 is 38.6 Å². The van der Waals surface area contributed by atoms with E-state index in [4.69, 9.17) is 5.73 Å². The lowest BCUT2D eigenvalue weighted by Crippen LogP contribution is -2.31. The molecule has 2 rings (SSSR count). The summed E-state index contributed by atoms with van der Waals surface area (Å²) in [6, 6.07) is 9.20. The van der Waals surface area contributed by atoms with Gasteiger partial charge < -0.3 is 5.73 Å². The van der Waals surface area contributed by atoms with Crippen molar-refractivity contribution in [2.45, 2.75) is 19.0 Å². The number of nitrogens with zero attached hydrogens (tertiary/aromatic N) is 1. The van der Waals surface area contributed by atoms with Crippen molar-refractivity contribution in [3.8, 4) is 0 Å². The van der Waals surface area contributed by atoms with Crippen molar-refractivity contribution in [1.82, 2.24) is 4.90 Å². The molecule has 5 heteroatoms. The lowest BCUT2D eigenvalue weighted by Gasteiger charge is -2.31. The fourth-order valence-corrected chi connectivity index (χ4v) is 4.41. The zero-order valence-electron chi connectivity index (χ0n) is 10.5. The Kier molecular flexibility index (Phi) is 4.98. The van der Waals surface area contributed by atoms with Gasteiger partial charge in [-0.25, -0.2) is 0 Å². The molecule has 0 amide bonds. The maximum atomic E-state index is 5.96. The highest BCUT2D eigenvalue weighted by atomic mass is 79.9. The van der Waals surface area contributed by atoms with Crippen LogP contribution in [-0.2, 0) is 0 Å². The molecule has 0 aliphatic heterocycles. The van der Waals surface area contributed by atoms with Crippen LogP contribution in [0.2, 0.25) is 0 Å². The van der Waals surface area contributed by atoms with Gasteiger partial charge in [-0.05, 0) is 53.5 Å². The minimum atomic E-state index is 0.276. The molecule has 0 bridgehead atoms. The third-order valence-corrected chi connectivity index (χ3v) is 5.97. The van der Waals surface area contributed by atoms with E-state index in [2.05, 4.69) is 64.4 Å². The standard InChI is InChI=1S/C13H17BrN2S2/c1-9(11-4-3-7-17-11)16(2)10(8-15)12-5-6-13(14)18-12/h3-7,9-10H,8,15H2,1-2H3. The molecule has 2 nitrogen and oxygen atoms in total. The van der Waals surface area contributed by atoms with E-state index in [1.807, 2.05) is 0 Å². The SMILES string of the molecule is CC(c1cccs1)N(C)C(CN)c1ccc(Br)s1. The van der Waals surface area contributed by atoms with Gasteiger partial charge in [-0.1, -0.05) is 6.07 Å². The second kappa shape index (κ2) is 6.30. The summed E-state index contributed by atoms with van der Waals surface area (Å²) < 4.78 is 1.16. The molecule has 0 fully saturated rings. The van der Waals surface area contributed by atoms with Gasteiger partial charge in [-0.15, -0.1) is 22.7 Å². The topological polar surface area (TPSA) is 29.3 Å². The Morgan fingerprint density at radius 3 is 2.61 bits per heavy atom. The highest BCUT2D eigenvalue weighted by Gasteiger charge is 2.23. The highest BCUT2D eigenvalue weighted by Crippen LogP contribution is 2.34. The first kappa shape index (κ1) is 14.2. The predicted octanol–water partition coefficient (Wildman–Crippen LogP) is 4.26. The second-order valence-electron chi connectivity index (χ2n) is 4.25. The summed E-state index contributed by atoms with van der Waals surface area (Å²) in [4.78, 5) is 5.05. The first-order valence-corrected chi connectivity index (χ1v) is 8.33. The molecule has 0 spiro atoms. The minimum absolute atomic E-state index is 0.276. The van der Waals surface area contributed by atoms with Crippen molar-refractivity contribution < 1.29 is 0 Å². The summed E-state index contributed by atoms with van der Waals surface area (Å²) >= 11 is 7.08. The number of thiophene rings is 2. The van der Waals surface area contributed by atoms with Crippen LogP contribution in [0, 0.1) is 0 Å². The first-order valence-electron chi connectivity index (χ1n) is 5.84. The molecule has 98 valence electrons. The highest BCUT2D eigenvalue weighted by molar-refractivity contribution is 9.11. The quantitative estimate of drug-likeness (QED) is 0.877. The zero-order chi connectivity index (χ0) is 13.1. The molecule has 0 aliphatic rings. The van der Waals surface area contributed by atoms with Crippen LogP contribution in [0.25, 0.3) is 0 Å². The third kappa shape index (κ3) is 3.03. The monoisotopic (exact) mass is 344 g/mol. The summed E-state index contributed by atoms with van der Waals surface area (Å²) in [5, 5.41) is 2.12. The largest absolute Gasteiger partial charge is 0.329 e. The average molecular weight is 345 g/mol. The van der Waals surface area contributed by atoms with Gasteiger partial charge in [0.1, 0.15) is 0 Å². The Labute approximate surface area is 125 Å². The molecule has 2 aromatic heterocycles. The van der Waals surface area contributed by atoms with Crippen molar-refractivity contribution in [1.29, 1.82) is 0 Å². The van der Waals surface area contributed by atoms with Crippen molar-refractivity contribution >= 4 is 38.6 Å². The third-order valence-electron chi connectivity index (χ3n) is 3.20. The van der Waals surface area contributed by atoms with Crippen molar-refractivity contribution in [3.63, 3.8) is 0 Å². The van der Waals surface area contributed by atoms with Gasteiger partial charge in [0.25, 0.3) is 0 Å². The van der Waals surface area contributed by atoms with Crippen LogP contribution in [-0.4, -0.2) is 18.5 Å². The molecule has 18 heavy (non-hydrogen) atoms.